The molecule has 1 aliphatic carbocycles. The quantitative estimate of drug-likeness (QED) is 0.478. The number of fused-ring (bicyclic) bond motifs is 3. The van der Waals surface area contributed by atoms with Crippen molar-refractivity contribution < 1.29 is 9.53 Å². The van der Waals surface area contributed by atoms with Gasteiger partial charge in [0.1, 0.15) is 0 Å². The third-order valence-corrected chi connectivity index (χ3v) is 3.98. The Kier molecular flexibility index (Phi) is 4.57. The van der Waals surface area contributed by atoms with Crippen LogP contribution in [0.25, 0.3) is 11.1 Å². The molecule has 2 aromatic rings. The highest BCUT2D eigenvalue weighted by Gasteiger charge is 2.24. The topological polar surface area (TPSA) is 26.3 Å². The van der Waals surface area contributed by atoms with Crippen LogP contribution in [0.4, 0.5) is 0 Å². The Morgan fingerprint density at radius 2 is 1.82 bits per heavy atom. The zero-order valence-corrected chi connectivity index (χ0v) is 12.9. The van der Waals surface area contributed by atoms with Gasteiger partial charge in [-0.1, -0.05) is 62.6 Å². The van der Waals surface area contributed by atoms with E-state index in [2.05, 4.69) is 13.3 Å². The van der Waals surface area contributed by atoms with Crippen LogP contribution in [0.3, 0.4) is 0 Å². The van der Waals surface area contributed by atoms with Gasteiger partial charge < -0.3 is 4.74 Å². The molecule has 0 aromatic heterocycles. The van der Waals surface area contributed by atoms with Crippen LogP contribution in [0.1, 0.15) is 54.1 Å². The maximum absolute atomic E-state index is 12.4. The average molecular weight is 292 g/mol. The molecule has 22 heavy (non-hydrogen) atoms. The second-order valence-electron chi connectivity index (χ2n) is 5.60. The number of benzene rings is 2. The molecule has 0 unspecified atom stereocenters. The number of hydrogen-bond donors (Lipinski definition) is 0. The van der Waals surface area contributed by atoms with Gasteiger partial charge in [-0.15, -0.1) is 0 Å². The van der Waals surface area contributed by atoms with Crippen LogP contribution >= 0.6 is 0 Å². The van der Waals surface area contributed by atoms with Crippen LogP contribution in [0.5, 0.6) is 0 Å². The van der Waals surface area contributed by atoms with Crippen molar-refractivity contribution >= 4 is 5.97 Å². The van der Waals surface area contributed by atoms with Gasteiger partial charge in [0.05, 0.1) is 18.6 Å². The van der Waals surface area contributed by atoms with E-state index in [9.17, 15) is 4.79 Å². The predicted octanol–water partition coefficient (Wildman–Crippen LogP) is 4.88. The molecule has 3 rings (SSSR count). The summed E-state index contributed by atoms with van der Waals surface area (Å²) >= 11 is 0. The molecular weight excluding hydrogens is 272 g/mol. The highest BCUT2D eigenvalue weighted by atomic mass is 16.5. The van der Waals surface area contributed by atoms with Crippen LogP contribution in [0, 0.1) is 6.42 Å². The number of unbranched alkanes of at least 4 members (excludes halogenated alkanes) is 3. The molecule has 0 atom stereocenters. The number of esters is 1. The molecule has 0 heterocycles. The average Bonchev–Trinajstić information content (AvgIpc) is 2.93. The SMILES string of the molecule is CCCCCCOC(=O)c1cccc2c1-c1ccccc1[C]2. The van der Waals surface area contributed by atoms with Crippen molar-refractivity contribution in [1.82, 2.24) is 0 Å². The van der Waals surface area contributed by atoms with E-state index >= 15 is 0 Å². The molecule has 0 spiro atoms. The summed E-state index contributed by atoms with van der Waals surface area (Å²) < 4.78 is 5.45. The molecule has 2 nitrogen and oxygen atoms in total. The van der Waals surface area contributed by atoms with Gasteiger partial charge in [0.15, 0.2) is 0 Å². The molecule has 0 saturated carbocycles. The number of rotatable bonds is 6. The fourth-order valence-electron chi connectivity index (χ4n) is 2.84. The normalized spacial score (nSPS) is 11.9. The van der Waals surface area contributed by atoms with E-state index in [1.807, 2.05) is 42.5 Å². The molecule has 2 radical (unpaired) electrons. The van der Waals surface area contributed by atoms with Gasteiger partial charge in [-0.25, -0.2) is 4.79 Å². The Hall–Kier alpha value is -2.09. The first kappa shape index (κ1) is 14.8. The van der Waals surface area contributed by atoms with Crippen molar-refractivity contribution in [2.75, 3.05) is 6.61 Å². The zero-order chi connectivity index (χ0) is 15.4. The minimum Gasteiger partial charge on any atom is -0.462 e. The summed E-state index contributed by atoms with van der Waals surface area (Å²) in [6, 6.07) is 13.8. The van der Waals surface area contributed by atoms with E-state index in [0.29, 0.717) is 12.2 Å². The van der Waals surface area contributed by atoms with E-state index in [1.54, 1.807) is 0 Å². The van der Waals surface area contributed by atoms with Gasteiger partial charge in [0.25, 0.3) is 0 Å². The number of carbonyl (C=O) groups is 1. The third-order valence-electron chi connectivity index (χ3n) is 3.98. The summed E-state index contributed by atoms with van der Waals surface area (Å²) in [6.07, 6.45) is 7.77. The largest absolute Gasteiger partial charge is 0.462 e. The first-order valence-corrected chi connectivity index (χ1v) is 7.98. The summed E-state index contributed by atoms with van der Waals surface area (Å²) in [5.41, 5.74) is 4.68. The van der Waals surface area contributed by atoms with E-state index < -0.39 is 0 Å². The van der Waals surface area contributed by atoms with Crippen LogP contribution in [0.15, 0.2) is 42.5 Å². The molecule has 2 heteroatoms. The number of ether oxygens (including phenoxy) is 1. The molecule has 1 aliphatic rings. The monoisotopic (exact) mass is 292 g/mol. The lowest BCUT2D eigenvalue weighted by molar-refractivity contribution is 0.0498. The third kappa shape index (κ3) is 2.92. The lowest BCUT2D eigenvalue weighted by Gasteiger charge is -2.09. The second kappa shape index (κ2) is 6.78. The van der Waals surface area contributed by atoms with E-state index in [0.717, 1.165) is 35.1 Å². The Balaban J connectivity index is 1.77. The minimum atomic E-state index is -0.230. The molecule has 0 N–H and O–H groups in total. The van der Waals surface area contributed by atoms with Crippen molar-refractivity contribution in [3.63, 3.8) is 0 Å². The van der Waals surface area contributed by atoms with Gasteiger partial charge in [0.2, 0.25) is 0 Å². The summed E-state index contributed by atoms with van der Waals surface area (Å²) in [6.45, 7) is 2.67. The van der Waals surface area contributed by atoms with Crippen molar-refractivity contribution in [2.24, 2.45) is 0 Å². The summed E-state index contributed by atoms with van der Waals surface area (Å²) in [4.78, 5) is 12.4. The molecule has 0 saturated heterocycles. The lowest BCUT2D eigenvalue weighted by atomic mass is 9.99. The van der Waals surface area contributed by atoms with E-state index in [1.165, 1.54) is 12.8 Å². The van der Waals surface area contributed by atoms with Crippen LogP contribution in [0.2, 0.25) is 0 Å². The molecule has 0 fully saturated rings. The Labute approximate surface area is 132 Å². The number of hydrogen-bond acceptors (Lipinski definition) is 2. The number of carbonyl (C=O) groups excluding carboxylic acids is 1. The predicted molar refractivity (Wildman–Crippen MR) is 87.7 cm³/mol. The zero-order valence-electron chi connectivity index (χ0n) is 12.9. The smallest absolute Gasteiger partial charge is 0.338 e. The highest BCUT2D eigenvalue weighted by molar-refractivity contribution is 6.01. The lowest BCUT2D eigenvalue weighted by Crippen LogP contribution is -2.08. The summed E-state index contributed by atoms with van der Waals surface area (Å²) in [7, 11) is 0. The summed E-state index contributed by atoms with van der Waals surface area (Å²) in [5, 5.41) is 0. The minimum absolute atomic E-state index is 0.230. The highest BCUT2D eigenvalue weighted by Crippen LogP contribution is 2.40. The standard InChI is InChI=1S/C20H20O2/c1-2-3-4-7-13-22-20(21)18-12-8-10-16-14-15-9-5-6-11-17(15)19(16)18/h5-6,8-12H,2-4,7,13H2,1H3. The van der Waals surface area contributed by atoms with Crippen LogP contribution in [-0.4, -0.2) is 12.6 Å². The first-order chi connectivity index (χ1) is 10.8. The first-order valence-electron chi connectivity index (χ1n) is 7.98. The second-order valence-corrected chi connectivity index (χ2v) is 5.60. The van der Waals surface area contributed by atoms with Gasteiger partial charge in [-0.05, 0) is 29.2 Å². The molecular formula is C20H20O2. The van der Waals surface area contributed by atoms with E-state index in [4.69, 9.17) is 4.74 Å². The molecule has 0 aliphatic heterocycles. The van der Waals surface area contributed by atoms with Crippen molar-refractivity contribution in [2.45, 2.75) is 32.6 Å². The van der Waals surface area contributed by atoms with Crippen LogP contribution in [-0.2, 0) is 4.74 Å². The Morgan fingerprint density at radius 3 is 2.68 bits per heavy atom. The van der Waals surface area contributed by atoms with Crippen LogP contribution < -0.4 is 0 Å². The van der Waals surface area contributed by atoms with Crippen molar-refractivity contribution in [3.05, 3.63) is 65.6 Å². The molecule has 2 aromatic carbocycles. The molecule has 0 amide bonds. The van der Waals surface area contributed by atoms with Gasteiger partial charge in [-0.3, -0.25) is 0 Å². The summed E-state index contributed by atoms with van der Waals surface area (Å²) in [5.74, 6) is -0.230. The fraction of sp³-hybridized carbons (Fsp3) is 0.300. The molecule has 0 bridgehead atoms. The van der Waals surface area contributed by atoms with Gasteiger partial charge in [0, 0.05) is 5.56 Å². The maximum atomic E-state index is 12.4. The fourth-order valence-corrected chi connectivity index (χ4v) is 2.84. The maximum Gasteiger partial charge on any atom is 0.338 e. The Morgan fingerprint density at radius 1 is 1.00 bits per heavy atom. The van der Waals surface area contributed by atoms with Gasteiger partial charge in [-0.2, -0.15) is 0 Å². The van der Waals surface area contributed by atoms with Gasteiger partial charge >= 0.3 is 5.97 Å². The van der Waals surface area contributed by atoms with Crippen molar-refractivity contribution in [3.8, 4) is 11.1 Å². The molecule has 112 valence electrons. The van der Waals surface area contributed by atoms with E-state index in [-0.39, 0.29) is 5.97 Å². The van der Waals surface area contributed by atoms with Crippen molar-refractivity contribution in [1.29, 1.82) is 0 Å². The Bertz CT molecular complexity index is 673.